The molecule has 2 atom stereocenters. The maximum Gasteiger partial charge on any atom is 0.229 e. The summed E-state index contributed by atoms with van der Waals surface area (Å²) in [7, 11) is 0. The van der Waals surface area contributed by atoms with E-state index in [1.165, 1.54) is 0 Å². The number of carbonyl (C=O) groups is 2. The summed E-state index contributed by atoms with van der Waals surface area (Å²) in [5.41, 5.74) is 3.81. The number of thiophene rings is 1. The lowest BCUT2D eigenvalue weighted by Gasteiger charge is -2.32. The van der Waals surface area contributed by atoms with Crippen molar-refractivity contribution in [3.8, 4) is 10.6 Å². The molecule has 1 saturated heterocycles. The van der Waals surface area contributed by atoms with E-state index < -0.39 is 6.29 Å². The normalized spacial score (nSPS) is 17.9. The van der Waals surface area contributed by atoms with Gasteiger partial charge in [-0.2, -0.15) is 5.10 Å². The minimum absolute atomic E-state index is 0.0807. The summed E-state index contributed by atoms with van der Waals surface area (Å²) in [6, 6.07) is 23.4. The van der Waals surface area contributed by atoms with Crippen molar-refractivity contribution in [3.63, 3.8) is 0 Å². The second kappa shape index (κ2) is 9.62. The predicted octanol–water partition coefficient (Wildman–Crippen LogP) is 4.41. The third-order valence-corrected chi connectivity index (χ3v) is 6.61. The van der Waals surface area contributed by atoms with Crippen LogP contribution in [0.5, 0.6) is 0 Å². The molecule has 1 aliphatic heterocycles. The lowest BCUT2D eigenvalue weighted by Crippen LogP contribution is -2.50. The molecule has 4 aromatic rings. The van der Waals surface area contributed by atoms with Gasteiger partial charge in [0.2, 0.25) is 11.8 Å². The Hall–Kier alpha value is -3.75. The number of benzene rings is 2. The molecule has 3 N–H and O–H groups in total. The van der Waals surface area contributed by atoms with Crippen LogP contribution in [0.25, 0.3) is 10.6 Å². The van der Waals surface area contributed by atoms with Gasteiger partial charge in [0.1, 0.15) is 11.5 Å². The van der Waals surface area contributed by atoms with Gasteiger partial charge in [0, 0.05) is 18.5 Å². The van der Waals surface area contributed by atoms with E-state index in [0.29, 0.717) is 12.2 Å². The zero-order chi connectivity index (χ0) is 23.5. The number of aromatic nitrogens is 2. The van der Waals surface area contributed by atoms with Crippen LogP contribution in [-0.2, 0) is 16.0 Å². The van der Waals surface area contributed by atoms with Crippen LogP contribution in [0.3, 0.4) is 0 Å². The SMILES string of the molecule is Cc1cccc(CC(=O)Nc2cc(-c3cccs3)nn2C2NC(=O)CC(c3ccccc3)N2)c1. The molecule has 2 amide bonds. The molecule has 1 fully saturated rings. The molecule has 0 radical (unpaired) electrons. The quantitative estimate of drug-likeness (QED) is 0.389. The number of hydrogen-bond donors (Lipinski definition) is 3. The Kier molecular flexibility index (Phi) is 6.24. The van der Waals surface area contributed by atoms with Crippen molar-refractivity contribution in [2.24, 2.45) is 0 Å². The average Bonchev–Trinajstić information content (AvgIpc) is 3.49. The van der Waals surface area contributed by atoms with E-state index >= 15 is 0 Å². The first kappa shape index (κ1) is 22.1. The van der Waals surface area contributed by atoms with Crippen molar-refractivity contribution in [2.75, 3.05) is 5.32 Å². The van der Waals surface area contributed by atoms with Gasteiger partial charge >= 0.3 is 0 Å². The smallest absolute Gasteiger partial charge is 0.229 e. The first-order valence-corrected chi connectivity index (χ1v) is 12.0. The predicted molar refractivity (Wildman–Crippen MR) is 133 cm³/mol. The van der Waals surface area contributed by atoms with Gasteiger partial charge in [-0.25, -0.2) is 4.68 Å². The minimum Gasteiger partial charge on any atom is -0.322 e. The molecular formula is C26H25N5O2S. The Balaban J connectivity index is 1.43. The highest BCUT2D eigenvalue weighted by Gasteiger charge is 2.30. The average molecular weight is 472 g/mol. The highest BCUT2D eigenvalue weighted by Crippen LogP contribution is 2.30. The topological polar surface area (TPSA) is 88.1 Å². The van der Waals surface area contributed by atoms with E-state index in [0.717, 1.165) is 27.3 Å². The van der Waals surface area contributed by atoms with E-state index in [-0.39, 0.29) is 24.3 Å². The number of aryl methyl sites for hydroxylation is 1. The van der Waals surface area contributed by atoms with E-state index in [1.807, 2.05) is 85.1 Å². The van der Waals surface area contributed by atoms with Crippen molar-refractivity contribution in [2.45, 2.75) is 32.1 Å². The van der Waals surface area contributed by atoms with Crippen molar-refractivity contribution < 1.29 is 9.59 Å². The fraction of sp³-hybridized carbons (Fsp3) is 0.192. The number of anilines is 1. The standard InChI is InChI=1S/C26H25N5O2S/c1-17-7-5-8-18(13-17)14-24(32)28-23-15-21(22-11-6-12-34-22)30-31(23)26-27-20(16-25(33)29-26)19-9-3-2-4-10-19/h2-13,15,20,26-27H,14,16H2,1H3,(H,28,32)(H,29,33). The highest BCUT2D eigenvalue weighted by molar-refractivity contribution is 7.13. The number of carbonyl (C=O) groups excluding carboxylic acids is 2. The lowest BCUT2D eigenvalue weighted by molar-refractivity contribution is -0.125. The van der Waals surface area contributed by atoms with E-state index in [4.69, 9.17) is 5.10 Å². The minimum atomic E-state index is -0.602. The number of rotatable bonds is 6. The maximum absolute atomic E-state index is 12.9. The van der Waals surface area contributed by atoms with Crippen LogP contribution in [0.4, 0.5) is 5.82 Å². The first-order valence-electron chi connectivity index (χ1n) is 11.1. The van der Waals surface area contributed by atoms with Crippen LogP contribution in [0.15, 0.2) is 78.2 Å². The molecule has 0 bridgehead atoms. The lowest BCUT2D eigenvalue weighted by atomic mass is 10.0. The Bertz CT molecular complexity index is 1300. The molecule has 0 spiro atoms. The fourth-order valence-electron chi connectivity index (χ4n) is 4.14. The van der Waals surface area contributed by atoms with Gasteiger partial charge in [0.05, 0.1) is 11.3 Å². The molecule has 0 aliphatic carbocycles. The van der Waals surface area contributed by atoms with Gasteiger partial charge in [-0.3, -0.25) is 14.9 Å². The maximum atomic E-state index is 12.9. The summed E-state index contributed by atoms with van der Waals surface area (Å²) < 4.78 is 1.65. The van der Waals surface area contributed by atoms with E-state index in [1.54, 1.807) is 16.0 Å². The molecule has 5 rings (SSSR count). The molecule has 2 unspecified atom stereocenters. The van der Waals surface area contributed by atoms with Gasteiger partial charge in [0.15, 0.2) is 6.29 Å². The summed E-state index contributed by atoms with van der Waals surface area (Å²) in [6.45, 7) is 2.00. The zero-order valence-electron chi connectivity index (χ0n) is 18.7. The Morgan fingerprint density at radius 1 is 1.12 bits per heavy atom. The first-order chi connectivity index (χ1) is 16.5. The molecule has 0 saturated carbocycles. The molecule has 7 nitrogen and oxygen atoms in total. The zero-order valence-corrected chi connectivity index (χ0v) is 19.5. The number of nitrogens with one attached hydrogen (secondary N) is 3. The summed E-state index contributed by atoms with van der Waals surface area (Å²) in [4.78, 5) is 26.5. The molecule has 3 heterocycles. The summed E-state index contributed by atoms with van der Waals surface area (Å²) in [6.07, 6.45) is -0.0261. The largest absolute Gasteiger partial charge is 0.322 e. The third kappa shape index (κ3) is 4.93. The molecule has 8 heteroatoms. The second-order valence-electron chi connectivity index (χ2n) is 8.35. The van der Waals surface area contributed by atoms with Crippen LogP contribution < -0.4 is 16.0 Å². The van der Waals surface area contributed by atoms with E-state index in [2.05, 4.69) is 16.0 Å². The van der Waals surface area contributed by atoms with Gasteiger partial charge in [-0.15, -0.1) is 11.3 Å². The monoisotopic (exact) mass is 471 g/mol. The highest BCUT2D eigenvalue weighted by atomic mass is 32.1. The van der Waals surface area contributed by atoms with Crippen LogP contribution in [0.1, 0.15) is 35.4 Å². The van der Waals surface area contributed by atoms with Crippen LogP contribution in [0, 0.1) is 6.92 Å². The number of amides is 2. The fourth-order valence-corrected chi connectivity index (χ4v) is 4.82. The summed E-state index contributed by atoms with van der Waals surface area (Å²) >= 11 is 1.57. The molecule has 2 aromatic heterocycles. The number of hydrogen-bond acceptors (Lipinski definition) is 5. The molecular weight excluding hydrogens is 446 g/mol. The van der Waals surface area contributed by atoms with E-state index in [9.17, 15) is 9.59 Å². The van der Waals surface area contributed by atoms with Crippen molar-refractivity contribution in [1.82, 2.24) is 20.4 Å². The molecule has 172 valence electrons. The van der Waals surface area contributed by atoms with Gasteiger partial charge in [0.25, 0.3) is 0 Å². The van der Waals surface area contributed by atoms with Gasteiger partial charge in [-0.1, -0.05) is 66.2 Å². The van der Waals surface area contributed by atoms with Crippen molar-refractivity contribution in [3.05, 3.63) is 94.9 Å². The Labute approximate surface area is 201 Å². The second-order valence-corrected chi connectivity index (χ2v) is 9.30. The number of nitrogens with zero attached hydrogens (tertiary/aromatic N) is 2. The summed E-state index contributed by atoms with van der Waals surface area (Å²) in [5.74, 6) is 0.293. The summed E-state index contributed by atoms with van der Waals surface area (Å²) in [5, 5.41) is 16.2. The molecule has 1 aliphatic rings. The van der Waals surface area contributed by atoms with Crippen LogP contribution >= 0.6 is 11.3 Å². The van der Waals surface area contributed by atoms with Gasteiger partial charge < -0.3 is 10.6 Å². The van der Waals surface area contributed by atoms with Crippen LogP contribution in [-0.4, -0.2) is 21.6 Å². The third-order valence-electron chi connectivity index (χ3n) is 5.72. The van der Waals surface area contributed by atoms with Crippen molar-refractivity contribution in [1.29, 1.82) is 0 Å². The Morgan fingerprint density at radius 3 is 2.74 bits per heavy atom. The molecule has 2 aromatic carbocycles. The van der Waals surface area contributed by atoms with Crippen LogP contribution in [0.2, 0.25) is 0 Å². The Morgan fingerprint density at radius 2 is 1.97 bits per heavy atom. The molecule has 34 heavy (non-hydrogen) atoms. The van der Waals surface area contributed by atoms with Crippen molar-refractivity contribution >= 4 is 29.0 Å². The van der Waals surface area contributed by atoms with Gasteiger partial charge in [-0.05, 0) is 29.5 Å².